The maximum Gasteiger partial charge on any atom is 0.238 e. The van der Waals surface area contributed by atoms with E-state index in [4.69, 9.17) is 4.99 Å². The molecule has 2 aliphatic rings. The Morgan fingerprint density at radius 2 is 1.74 bits per heavy atom. The lowest BCUT2D eigenvalue weighted by molar-refractivity contribution is -0.115. The van der Waals surface area contributed by atoms with Gasteiger partial charge in [-0.3, -0.25) is 19.4 Å². The van der Waals surface area contributed by atoms with E-state index in [9.17, 15) is 13.2 Å². The average Bonchev–Trinajstić information content (AvgIpc) is 3.24. The molecule has 8 heteroatoms. The van der Waals surface area contributed by atoms with E-state index < -0.39 is 15.9 Å². The van der Waals surface area contributed by atoms with Gasteiger partial charge in [0.2, 0.25) is 15.9 Å². The largest absolute Gasteiger partial charge is 0.325 e. The van der Waals surface area contributed by atoms with E-state index in [1.807, 2.05) is 49.4 Å². The number of amides is 1. The fourth-order valence-electron chi connectivity index (χ4n) is 5.29. The first kappa shape index (κ1) is 27.1. The predicted octanol–water partition coefficient (Wildman–Crippen LogP) is 5.93. The summed E-state index contributed by atoms with van der Waals surface area (Å²) >= 11 is 0. The van der Waals surface area contributed by atoms with Crippen LogP contribution in [-0.2, 0) is 21.4 Å². The fraction of sp³-hybridized carbons (Fsp3) is 0.355. The molecule has 5 rings (SSSR count). The lowest BCUT2D eigenvalue weighted by Gasteiger charge is -2.30. The van der Waals surface area contributed by atoms with Gasteiger partial charge in [0.15, 0.2) is 0 Å². The van der Waals surface area contributed by atoms with Crippen molar-refractivity contribution >= 4 is 38.7 Å². The van der Waals surface area contributed by atoms with Gasteiger partial charge in [-0.2, -0.15) is 0 Å². The van der Waals surface area contributed by atoms with Gasteiger partial charge >= 0.3 is 0 Å². The zero-order chi connectivity index (χ0) is 27.4. The molecular weight excluding hydrogens is 508 g/mol. The van der Waals surface area contributed by atoms with Crippen molar-refractivity contribution in [2.24, 2.45) is 10.9 Å². The third-order valence-electron chi connectivity index (χ3n) is 7.44. The highest BCUT2D eigenvalue weighted by Crippen LogP contribution is 2.38. The van der Waals surface area contributed by atoms with Crippen molar-refractivity contribution in [2.75, 3.05) is 28.9 Å². The van der Waals surface area contributed by atoms with Crippen LogP contribution in [-0.4, -0.2) is 43.8 Å². The van der Waals surface area contributed by atoms with E-state index in [0.29, 0.717) is 29.1 Å². The van der Waals surface area contributed by atoms with Crippen molar-refractivity contribution in [2.45, 2.75) is 45.6 Å². The van der Waals surface area contributed by atoms with E-state index >= 15 is 0 Å². The third kappa shape index (κ3) is 6.57. The molecule has 0 radical (unpaired) electrons. The predicted molar refractivity (Wildman–Crippen MR) is 158 cm³/mol. The van der Waals surface area contributed by atoms with Gasteiger partial charge in [0.25, 0.3) is 0 Å². The van der Waals surface area contributed by atoms with Gasteiger partial charge in [0.05, 0.1) is 17.2 Å². The molecule has 0 bridgehead atoms. The molecule has 2 N–H and O–H groups in total. The molecule has 3 aromatic rings. The summed E-state index contributed by atoms with van der Waals surface area (Å²) in [6.07, 6.45) is 3.01. The summed E-state index contributed by atoms with van der Waals surface area (Å²) in [7, 11) is -3.46. The Balaban J connectivity index is 1.46. The van der Waals surface area contributed by atoms with Crippen LogP contribution in [0.3, 0.4) is 0 Å². The molecule has 7 nitrogen and oxygen atoms in total. The fourth-order valence-corrected chi connectivity index (χ4v) is 6.42. The van der Waals surface area contributed by atoms with Gasteiger partial charge in [-0.15, -0.1) is 0 Å². The number of sulfonamides is 1. The highest BCUT2D eigenvalue weighted by molar-refractivity contribution is 7.92. The molecule has 1 amide bonds. The minimum absolute atomic E-state index is 0.0360. The van der Waals surface area contributed by atoms with Crippen molar-refractivity contribution in [3.63, 3.8) is 0 Å². The van der Waals surface area contributed by atoms with Gasteiger partial charge < -0.3 is 5.32 Å². The Morgan fingerprint density at radius 1 is 1.03 bits per heavy atom. The summed E-state index contributed by atoms with van der Waals surface area (Å²) in [4.78, 5) is 20.8. The number of fused-ring (bicyclic) bond motifs is 1. The number of anilines is 2. The minimum atomic E-state index is -3.46. The third-order valence-corrected chi connectivity index (χ3v) is 8.93. The maximum atomic E-state index is 13.3. The average molecular weight is 545 g/mol. The van der Waals surface area contributed by atoms with Crippen molar-refractivity contribution in [1.82, 2.24) is 4.90 Å². The summed E-state index contributed by atoms with van der Waals surface area (Å²) in [5.41, 5.74) is 5.29. The normalized spacial score (nSPS) is 18.6. The summed E-state index contributed by atoms with van der Waals surface area (Å²) in [6.45, 7) is 7.34. The zero-order valence-corrected chi connectivity index (χ0v) is 23.4. The number of nitrogens with zero attached hydrogens (tertiary/aromatic N) is 2. The van der Waals surface area contributed by atoms with Crippen molar-refractivity contribution < 1.29 is 13.2 Å². The summed E-state index contributed by atoms with van der Waals surface area (Å²) in [6, 6.07) is 23.1. The number of likely N-dealkylation sites (tertiary alicyclic amines) is 1. The Hall–Kier alpha value is -3.49. The quantitative estimate of drug-likeness (QED) is 0.327. The van der Waals surface area contributed by atoms with Crippen molar-refractivity contribution in [3.05, 3.63) is 89.5 Å². The first-order valence-corrected chi connectivity index (χ1v) is 15.4. The molecule has 0 aliphatic carbocycles. The second kappa shape index (κ2) is 11.7. The highest BCUT2D eigenvalue weighted by Gasteiger charge is 2.36. The molecule has 0 aromatic heterocycles. The second-order valence-electron chi connectivity index (χ2n) is 10.6. The monoisotopic (exact) mass is 544 g/mol. The van der Waals surface area contributed by atoms with Crippen LogP contribution in [0.5, 0.6) is 0 Å². The zero-order valence-electron chi connectivity index (χ0n) is 22.6. The number of piperidine rings is 1. The number of benzene rings is 3. The molecule has 0 spiro atoms. The van der Waals surface area contributed by atoms with E-state index in [1.54, 1.807) is 18.2 Å². The Morgan fingerprint density at radius 3 is 2.44 bits per heavy atom. The van der Waals surface area contributed by atoms with Gasteiger partial charge in [-0.25, -0.2) is 8.42 Å². The van der Waals surface area contributed by atoms with Crippen LogP contribution in [0.2, 0.25) is 0 Å². The van der Waals surface area contributed by atoms with E-state index in [2.05, 4.69) is 34.0 Å². The van der Waals surface area contributed by atoms with Crippen LogP contribution in [0.1, 0.15) is 55.7 Å². The van der Waals surface area contributed by atoms with Gasteiger partial charge in [-0.05, 0) is 85.3 Å². The summed E-state index contributed by atoms with van der Waals surface area (Å²) < 4.78 is 27.4. The maximum absolute atomic E-state index is 13.3. The molecule has 2 aliphatic heterocycles. The standard InChI is InChI=1S/C31H36N4O3S/c1-3-19-39(37,38)34-26-13-14-28-27(20-26)29(31(36)33-28)30(24-7-5-4-6-8-24)32-25-11-9-23(10-12-25)21-35-17-15-22(2)16-18-35/h4-14,20,22,29,34H,3,15-19,21H2,1-2H3,(H,33,36). The van der Waals surface area contributed by atoms with E-state index in [-0.39, 0.29) is 11.7 Å². The van der Waals surface area contributed by atoms with Crippen LogP contribution in [0.4, 0.5) is 17.1 Å². The first-order valence-electron chi connectivity index (χ1n) is 13.7. The Labute approximate surface area is 231 Å². The smallest absolute Gasteiger partial charge is 0.238 e. The number of nitrogens with one attached hydrogen (secondary N) is 2. The Bertz CT molecular complexity index is 1440. The van der Waals surface area contributed by atoms with Crippen molar-refractivity contribution in [1.29, 1.82) is 0 Å². The van der Waals surface area contributed by atoms with Crippen LogP contribution in [0.15, 0.2) is 77.8 Å². The SMILES string of the molecule is CCCS(=O)(=O)Nc1ccc2c(c1)C(C(=Nc1ccc(CN3CCC(C)CC3)cc1)c1ccccc1)C(=O)N2. The lowest BCUT2D eigenvalue weighted by atomic mass is 9.90. The highest BCUT2D eigenvalue weighted by atomic mass is 32.2. The molecule has 39 heavy (non-hydrogen) atoms. The van der Waals surface area contributed by atoms with Gasteiger partial charge in [0, 0.05) is 17.9 Å². The second-order valence-corrected chi connectivity index (χ2v) is 12.5. The topological polar surface area (TPSA) is 90.9 Å². The number of hydrogen-bond acceptors (Lipinski definition) is 5. The van der Waals surface area contributed by atoms with E-state index in [1.165, 1.54) is 18.4 Å². The molecule has 3 aromatic carbocycles. The molecule has 1 saturated heterocycles. The number of carbonyl (C=O) groups excluding carboxylic acids is 1. The first-order chi connectivity index (χ1) is 18.8. The molecule has 1 atom stereocenters. The number of hydrogen-bond donors (Lipinski definition) is 2. The van der Waals surface area contributed by atoms with Gasteiger partial charge in [0.1, 0.15) is 5.92 Å². The molecule has 204 valence electrons. The molecule has 1 fully saturated rings. The van der Waals surface area contributed by atoms with E-state index in [0.717, 1.165) is 36.8 Å². The van der Waals surface area contributed by atoms with Crippen LogP contribution >= 0.6 is 0 Å². The molecule has 2 heterocycles. The summed E-state index contributed by atoms with van der Waals surface area (Å²) in [5, 5.41) is 2.95. The van der Waals surface area contributed by atoms with Gasteiger partial charge in [-0.1, -0.05) is 56.3 Å². The lowest BCUT2D eigenvalue weighted by Crippen LogP contribution is -2.32. The van der Waals surface area contributed by atoms with Crippen LogP contribution in [0.25, 0.3) is 0 Å². The van der Waals surface area contributed by atoms with Crippen molar-refractivity contribution in [3.8, 4) is 0 Å². The van der Waals surface area contributed by atoms with Crippen LogP contribution in [0, 0.1) is 5.92 Å². The number of aliphatic imine (C=N–C) groups is 1. The number of carbonyl (C=O) groups is 1. The van der Waals surface area contributed by atoms with Crippen LogP contribution < -0.4 is 10.0 Å². The number of rotatable bonds is 9. The summed E-state index contributed by atoms with van der Waals surface area (Å²) in [5.74, 6) is -0.0149. The Kier molecular flexibility index (Phi) is 8.14. The molecular formula is C31H36N4O3S. The minimum Gasteiger partial charge on any atom is -0.325 e. The molecule has 0 saturated carbocycles. The molecule has 1 unspecified atom stereocenters.